The average Bonchev–Trinajstić information content (AvgIpc) is 2.96. The number of fused-ring (bicyclic) bond motifs is 1. The van der Waals surface area contributed by atoms with E-state index in [1.165, 1.54) is 11.8 Å². The maximum atomic E-state index is 13.0. The number of esters is 1. The molecule has 1 saturated heterocycles. The average molecular weight is 453 g/mol. The van der Waals surface area contributed by atoms with E-state index in [9.17, 15) is 9.59 Å². The van der Waals surface area contributed by atoms with Gasteiger partial charge in [0.15, 0.2) is 5.17 Å². The number of thioether (sulfide) groups is 1. The molecule has 2 unspecified atom stereocenters. The number of carbonyl (C=O) groups is 2. The number of carbonyl (C=O) groups excluding carboxylic acids is 2. The Morgan fingerprint density at radius 2 is 2.00 bits per heavy atom. The quantitative estimate of drug-likeness (QED) is 0.486. The molecular weight excluding hydrogens is 432 g/mol. The van der Waals surface area contributed by atoms with Gasteiger partial charge in [-0.1, -0.05) is 46.7 Å². The van der Waals surface area contributed by atoms with E-state index in [-0.39, 0.29) is 17.8 Å². The molecule has 1 amide bonds. The lowest BCUT2D eigenvalue weighted by Crippen LogP contribution is -2.40. The first-order valence-corrected chi connectivity index (χ1v) is 10.4. The first-order valence-electron chi connectivity index (χ1n) is 8.68. The van der Waals surface area contributed by atoms with Crippen molar-refractivity contribution in [2.75, 3.05) is 20.3 Å². The number of allylic oxidation sites excluding steroid dienone is 1. The normalized spacial score (nSPS) is 22.0. The highest BCUT2D eigenvalue weighted by molar-refractivity contribution is 9.10. The number of benzene rings is 1. The van der Waals surface area contributed by atoms with Crippen LogP contribution in [0.1, 0.15) is 31.9 Å². The van der Waals surface area contributed by atoms with Crippen LogP contribution in [-0.4, -0.2) is 47.5 Å². The van der Waals surface area contributed by atoms with Gasteiger partial charge in [0.2, 0.25) is 5.91 Å². The maximum Gasteiger partial charge on any atom is 0.338 e. The number of rotatable bonds is 6. The minimum Gasteiger partial charge on any atom is -0.460 e. The van der Waals surface area contributed by atoms with Crippen LogP contribution in [0.15, 0.2) is 45.0 Å². The molecule has 2 aliphatic heterocycles. The Kier molecular flexibility index (Phi) is 6.39. The summed E-state index contributed by atoms with van der Waals surface area (Å²) in [5.41, 5.74) is 1.81. The molecule has 1 aromatic rings. The zero-order valence-electron chi connectivity index (χ0n) is 15.4. The zero-order valence-corrected chi connectivity index (χ0v) is 17.8. The van der Waals surface area contributed by atoms with Crippen LogP contribution in [0.25, 0.3) is 0 Å². The fraction of sp³-hybridized carbons (Fsp3) is 0.421. The Morgan fingerprint density at radius 1 is 1.30 bits per heavy atom. The first-order chi connectivity index (χ1) is 13.0. The zero-order chi connectivity index (χ0) is 19.6. The molecule has 1 fully saturated rings. The topological polar surface area (TPSA) is 68.2 Å². The number of amidine groups is 1. The van der Waals surface area contributed by atoms with Crippen molar-refractivity contribution in [3.63, 3.8) is 0 Å². The molecule has 0 saturated carbocycles. The third kappa shape index (κ3) is 3.97. The lowest BCUT2D eigenvalue weighted by Gasteiger charge is -2.33. The Hall–Kier alpha value is -1.64. The van der Waals surface area contributed by atoms with E-state index in [0.717, 1.165) is 10.0 Å². The summed E-state index contributed by atoms with van der Waals surface area (Å²) >= 11 is 4.88. The summed E-state index contributed by atoms with van der Waals surface area (Å²) in [6.45, 7) is 4.22. The molecule has 0 bridgehead atoms. The van der Waals surface area contributed by atoms with E-state index >= 15 is 0 Å². The van der Waals surface area contributed by atoms with Crippen LogP contribution in [0.4, 0.5) is 0 Å². The third-order valence-electron chi connectivity index (χ3n) is 4.45. The van der Waals surface area contributed by atoms with Gasteiger partial charge in [-0.15, -0.1) is 0 Å². The van der Waals surface area contributed by atoms with Crippen molar-refractivity contribution >= 4 is 44.7 Å². The third-order valence-corrected chi connectivity index (χ3v) is 6.30. The SMILES string of the molecule is CCC1SC2=NC(C)=C(C(=O)OCCOC)C(c3ccc(Br)cc3)N2C1=O. The molecule has 0 aromatic heterocycles. The van der Waals surface area contributed by atoms with Crippen molar-refractivity contribution in [3.05, 3.63) is 45.6 Å². The molecule has 8 heteroatoms. The fourth-order valence-corrected chi connectivity index (χ4v) is 4.50. The molecule has 2 aliphatic rings. The number of hydrogen-bond donors (Lipinski definition) is 0. The molecule has 2 atom stereocenters. The number of amides is 1. The number of nitrogens with zero attached hydrogens (tertiary/aromatic N) is 2. The van der Waals surface area contributed by atoms with Gasteiger partial charge in [-0.25, -0.2) is 9.79 Å². The molecule has 1 aromatic carbocycles. The van der Waals surface area contributed by atoms with Crippen molar-refractivity contribution in [2.45, 2.75) is 31.6 Å². The van der Waals surface area contributed by atoms with Gasteiger partial charge in [0.1, 0.15) is 6.61 Å². The fourth-order valence-electron chi connectivity index (χ4n) is 3.11. The summed E-state index contributed by atoms with van der Waals surface area (Å²) < 4.78 is 11.2. The standard InChI is InChI=1S/C19H21BrN2O4S/c1-4-14-17(23)22-16(12-5-7-13(20)8-6-12)15(11(2)21-19(22)27-14)18(24)26-10-9-25-3/h5-8,14,16H,4,9-10H2,1-3H3. The highest BCUT2D eigenvalue weighted by Gasteiger charge is 2.47. The second-order valence-corrected chi connectivity index (χ2v) is 8.28. The number of hydrogen-bond acceptors (Lipinski definition) is 6. The summed E-state index contributed by atoms with van der Waals surface area (Å²) in [6.07, 6.45) is 0.707. The van der Waals surface area contributed by atoms with Crippen molar-refractivity contribution in [2.24, 2.45) is 4.99 Å². The Balaban J connectivity index is 2.03. The van der Waals surface area contributed by atoms with Gasteiger partial charge in [-0.2, -0.15) is 0 Å². The summed E-state index contributed by atoms with van der Waals surface area (Å²) in [4.78, 5) is 32.0. The highest BCUT2D eigenvalue weighted by atomic mass is 79.9. The molecule has 27 heavy (non-hydrogen) atoms. The smallest absolute Gasteiger partial charge is 0.338 e. The molecule has 0 spiro atoms. The van der Waals surface area contributed by atoms with Crippen molar-refractivity contribution in [1.29, 1.82) is 0 Å². The minimum atomic E-state index is -0.544. The molecule has 144 valence electrons. The first kappa shape index (κ1) is 20.1. The Labute approximate surface area is 171 Å². The molecule has 0 N–H and O–H groups in total. The predicted molar refractivity (Wildman–Crippen MR) is 108 cm³/mol. The molecule has 0 aliphatic carbocycles. The van der Waals surface area contributed by atoms with Gasteiger partial charge in [0, 0.05) is 11.6 Å². The van der Waals surface area contributed by atoms with Crippen LogP contribution in [0, 0.1) is 0 Å². The second-order valence-electron chi connectivity index (χ2n) is 6.20. The van der Waals surface area contributed by atoms with Gasteiger partial charge in [-0.3, -0.25) is 9.69 Å². The molecule has 3 rings (SSSR count). The predicted octanol–water partition coefficient (Wildman–Crippen LogP) is 3.68. The lowest BCUT2D eigenvalue weighted by molar-refractivity contribution is -0.141. The Morgan fingerprint density at radius 3 is 2.63 bits per heavy atom. The van der Waals surface area contributed by atoms with Crippen LogP contribution in [0.2, 0.25) is 0 Å². The van der Waals surface area contributed by atoms with Crippen molar-refractivity contribution in [1.82, 2.24) is 4.90 Å². The minimum absolute atomic E-state index is 0.0242. The summed E-state index contributed by atoms with van der Waals surface area (Å²) in [5, 5.41) is 0.462. The van der Waals surface area contributed by atoms with E-state index in [0.29, 0.717) is 29.5 Å². The van der Waals surface area contributed by atoms with Gasteiger partial charge in [0.25, 0.3) is 0 Å². The summed E-state index contributed by atoms with van der Waals surface area (Å²) in [7, 11) is 1.55. The number of ether oxygens (including phenoxy) is 2. The van der Waals surface area contributed by atoms with E-state index in [2.05, 4.69) is 20.9 Å². The van der Waals surface area contributed by atoms with E-state index in [4.69, 9.17) is 9.47 Å². The molecule has 6 nitrogen and oxygen atoms in total. The molecule has 0 radical (unpaired) electrons. The number of aliphatic imine (C=N–C) groups is 1. The van der Waals surface area contributed by atoms with Crippen LogP contribution < -0.4 is 0 Å². The van der Waals surface area contributed by atoms with Gasteiger partial charge < -0.3 is 9.47 Å². The van der Waals surface area contributed by atoms with Gasteiger partial charge >= 0.3 is 5.97 Å². The van der Waals surface area contributed by atoms with Gasteiger partial charge in [0.05, 0.1) is 29.2 Å². The van der Waals surface area contributed by atoms with Crippen molar-refractivity contribution in [3.8, 4) is 0 Å². The largest absolute Gasteiger partial charge is 0.460 e. The van der Waals surface area contributed by atoms with Crippen molar-refractivity contribution < 1.29 is 19.1 Å². The summed E-state index contributed by atoms with van der Waals surface area (Å²) in [5.74, 6) is -0.498. The maximum absolute atomic E-state index is 13.0. The number of methoxy groups -OCH3 is 1. The van der Waals surface area contributed by atoms with Gasteiger partial charge in [-0.05, 0) is 31.0 Å². The van der Waals surface area contributed by atoms with Crippen LogP contribution in [0.3, 0.4) is 0 Å². The number of halogens is 1. The molecular formula is C19H21BrN2O4S. The lowest BCUT2D eigenvalue weighted by atomic mass is 9.94. The van der Waals surface area contributed by atoms with Crippen LogP contribution in [0.5, 0.6) is 0 Å². The van der Waals surface area contributed by atoms with Crippen LogP contribution in [-0.2, 0) is 19.1 Å². The van der Waals surface area contributed by atoms with E-state index in [1.54, 1.807) is 18.9 Å². The highest BCUT2D eigenvalue weighted by Crippen LogP contribution is 2.44. The van der Waals surface area contributed by atoms with Crippen LogP contribution >= 0.6 is 27.7 Å². The van der Waals surface area contributed by atoms with E-state index in [1.807, 2.05) is 31.2 Å². The summed E-state index contributed by atoms with van der Waals surface area (Å²) in [6, 6.07) is 7.07. The second kappa shape index (κ2) is 8.58. The Bertz CT molecular complexity index is 806. The molecule has 2 heterocycles. The van der Waals surface area contributed by atoms with E-state index < -0.39 is 12.0 Å². The monoisotopic (exact) mass is 452 g/mol.